The predicted octanol–water partition coefficient (Wildman–Crippen LogP) is 1.47. The van der Waals surface area contributed by atoms with Crippen LogP contribution < -0.4 is 11.1 Å². The van der Waals surface area contributed by atoms with Crippen molar-refractivity contribution in [2.24, 2.45) is 17.6 Å². The number of benzene rings is 1. The SMILES string of the molecule is NC(Cc1ccccc1)C(=O)NCC1CCCCC1CO. The van der Waals surface area contributed by atoms with E-state index in [0.29, 0.717) is 24.8 Å². The number of carbonyl (C=O) groups is 1. The highest BCUT2D eigenvalue weighted by Crippen LogP contribution is 2.29. The van der Waals surface area contributed by atoms with E-state index in [2.05, 4.69) is 5.32 Å². The number of nitrogens with one attached hydrogen (secondary N) is 1. The molecule has 1 saturated carbocycles. The standard InChI is InChI=1S/C17H26N2O2/c18-16(10-13-6-2-1-3-7-13)17(21)19-11-14-8-4-5-9-15(14)12-20/h1-3,6-7,14-16,20H,4-5,8-12,18H2,(H,19,21). The fraction of sp³-hybridized carbons (Fsp3) is 0.588. The molecule has 4 heteroatoms. The molecule has 4 N–H and O–H groups in total. The summed E-state index contributed by atoms with van der Waals surface area (Å²) in [5, 5.41) is 12.4. The van der Waals surface area contributed by atoms with E-state index in [4.69, 9.17) is 5.73 Å². The summed E-state index contributed by atoms with van der Waals surface area (Å²) in [5.74, 6) is 0.613. The summed E-state index contributed by atoms with van der Waals surface area (Å²) in [6, 6.07) is 9.31. The lowest BCUT2D eigenvalue weighted by Crippen LogP contribution is -2.45. The van der Waals surface area contributed by atoms with Crippen LogP contribution in [0.25, 0.3) is 0 Å². The Kier molecular flexibility index (Phi) is 6.21. The van der Waals surface area contributed by atoms with E-state index in [1.165, 1.54) is 12.8 Å². The lowest BCUT2D eigenvalue weighted by Gasteiger charge is -2.30. The fourth-order valence-corrected chi connectivity index (χ4v) is 3.12. The van der Waals surface area contributed by atoms with Crippen molar-refractivity contribution in [3.05, 3.63) is 35.9 Å². The number of hydrogen-bond acceptors (Lipinski definition) is 3. The summed E-state index contributed by atoms with van der Waals surface area (Å²) in [6.45, 7) is 0.850. The van der Waals surface area contributed by atoms with Crippen molar-refractivity contribution in [2.75, 3.05) is 13.2 Å². The fourth-order valence-electron chi connectivity index (χ4n) is 3.12. The van der Waals surface area contributed by atoms with Crippen LogP contribution in [0.3, 0.4) is 0 Å². The Hall–Kier alpha value is -1.39. The van der Waals surface area contributed by atoms with Gasteiger partial charge in [-0.15, -0.1) is 0 Å². The van der Waals surface area contributed by atoms with Gasteiger partial charge >= 0.3 is 0 Å². The lowest BCUT2D eigenvalue weighted by atomic mass is 9.79. The molecule has 0 saturated heterocycles. The Bertz CT molecular complexity index is 436. The average Bonchev–Trinajstić information content (AvgIpc) is 2.53. The second kappa shape index (κ2) is 8.15. The minimum absolute atomic E-state index is 0.0962. The minimum atomic E-state index is -0.511. The number of nitrogens with two attached hydrogens (primary N) is 1. The van der Waals surface area contributed by atoms with Crippen molar-refractivity contribution in [1.82, 2.24) is 5.32 Å². The molecule has 3 atom stereocenters. The molecule has 0 bridgehead atoms. The van der Waals surface area contributed by atoms with Gasteiger partial charge < -0.3 is 16.2 Å². The Morgan fingerprint density at radius 1 is 1.24 bits per heavy atom. The normalized spacial score (nSPS) is 23.5. The summed E-state index contributed by atoms with van der Waals surface area (Å²) < 4.78 is 0. The molecule has 0 spiro atoms. The van der Waals surface area contributed by atoms with Gasteiger partial charge in [-0.3, -0.25) is 4.79 Å². The molecule has 4 nitrogen and oxygen atoms in total. The third-order valence-corrected chi connectivity index (χ3v) is 4.47. The van der Waals surface area contributed by atoms with Crippen LogP contribution in [0.1, 0.15) is 31.2 Å². The van der Waals surface area contributed by atoms with E-state index in [-0.39, 0.29) is 12.5 Å². The highest BCUT2D eigenvalue weighted by molar-refractivity contribution is 5.81. The molecule has 0 aromatic heterocycles. The molecule has 1 aromatic carbocycles. The van der Waals surface area contributed by atoms with Crippen LogP contribution in [-0.4, -0.2) is 30.2 Å². The van der Waals surface area contributed by atoms with E-state index in [1.807, 2.05) is 30.3 Å². The molecule has 1 amide bonds. The number of rotatable bonds is 6. The largest absolute Gasteiger partial charge is 0.396 e. The zero-order chi connectivity index (χ0) is 15.1. The predicted molar refractivity (Wildman–Crippen MR) is 83.7 cm³/mol. The maximum atomic E-state index is 12.1. The second-order valence-electron chi connectivity index (χ2n) is 6.03. The maximum Gasteiger partial charge on any atom is 0.237 e. The Morgan fingerprint density at radius 2 is 1.90 bits per heavy atom. The number of carbonyl (C=O) groups excluding carboxylic acids is 1. The molecule has 1 aliphatic carbocycles. The van der Waals surface area contributed by atoms with Gasteiger partial charge in [-0.2, -0.15) is 0 Å². The van der Waals surface area contributed by atoms with E-state index in [1.54, 1.807) is 0 Å². The van der Waals surface area contributed by atoms with Crippen LogP contribution in [0.2, 0.25) is 0 Å². The summed E-state index contributed by atoms with van der Waals surface area (Å²) in [6.07, 6.45) is 5.07. The molecule has 116 valence electrons. The number of hydrogen-bond donors (Lipinski definition) is 3. The highest BCUT2D eigenvalue weighted by Gasteiger charge is 2.25. The topological polar surface area (TPSA) is 75.4 Å². The summed E-state index contributed by atoms with van der Waals surface area (Å²) in [4.78, 5) is 12.1. The summed E-state index contributed by atoms with van der Waals surface area (Å²) in [5.41, 5.74) is 7.05. The van der Waals surface area contributed by atoms with Crippen molar-refractivity contribution in [2.45, 2.75) is 38.1 Å². The van der Waals surface area contributed by atoms with E-state index >= 15 is 0 Å². The molecule has 2 rings (SSSR count). The summed E-state index contributed by atoms with van der Waals surface area (Å²) in [7, 11) is 0. The zero-order valence-electron chi connectivity index (χ0n) is 12.5. The Morgan fingerprint density at radius 3 is 2.57 bits per heavy atom. The van der Waals surface area contributed by atoms with Gasteiger partial charge in [0, 0.05) is 13.2 Å². The number of aliphatic hydroxyl groups excluding tert-OH is 1. The van der Waals surface area contributed by atoms with Gasteiger partial charge in [-0.25, -0.2) is 0 Å². The lowest BCUT2D eigenvalue weighted by molar-refractivity contribution is -0.122. The van der Waals surface area contributed by atoms with E-state index in [0.717, 1.165) is 18.4 Å². The molecule has 0 aliphatic heterocycles. The molecular weight excluding hydrogens is 264 g/mol. The van der Waals surface area contributed by atoms with Gasteiger partial charge in [-0.05, 0) is 36.7 Å². The second-order valence-corrected chi connectivity index (χ2v) is 6.03. The first-order valence-corrected chi connectivity index (χ1v) is 7.88. The summed E-state index contributed by atoms with van der Waals surface area (Å²) >= 11 is 0. The molecule has 1 fully saturated rings. The van der Waals surface area contributed by atoms with Gasteiger partial charge in [-0.1, -0.05) is 43.2 Å². The molecule has 3 unspecified atom stereocenters. The Balaban J connectivity index is 1.78. The maximum absolute atomic E-state index is 12.1. The third-order valence-electron chi connectivity index (χ3n) is 4.47. The van der Waals surface area contributed by atoms with E-state index in [9.17, 15) is 9.90 Å². The highest BCUT2D eigenvalue weighted by atomic mass is 16.3. The molecule has 1 aromatic rings. The van der Waals surface area contributed by atoms with Crippen LogP contribution in [0.4, 0.5) is 0 Å². The van der Waals surface area contributed by atoms with Gasteiger partial charge in [0.2, 0.25) is 5.91 Å². The van der Waals surface area contributed by atoms with Crippen molar-refractivity contribution >= 4 is 5.91 Å². The van der Waals surface area contributed by atoms with Gasteiger partial charge in [0.1, 0.15) is 0 Å². The minimum Gasteiger partial charge on any atom is -0.396 e. The van der Waals surface area contributed by atoms with Gasteiger partial charge in [0.25, 0.3) is 0 Å². The first kappa shape index (κ1) is 16.0. The van der Waals surface area contributed by atoms with Crippen LogP contribution in [-0.2, 0) is 11.2 Å². The molecular formula is C17H26N2O2. The molecule has 0 radical (unpaired) electrons. The van der Waals surface area contributed by atoms with Crippen molar-refractivity contribution in [1.29, 1.82) is 0 Å². The molecule has 21 heavy (non-hydrogen) atoms. The quantitative estimate of drug-likeness (QED) is 0.742. The van der Waals surface area contributed by atoms with Gasteiger partial charge in [0.05, 0.1) is 6.04 Å². The van der Waals surface area contributed by atoms with Crippen LogP contribution in [0.15, 0.2) is 30.3 Å². The number of aliphatic hydroxyl groups is 1. The first-order valence-electron chi connectivity index (χ1n) is 7.88. The van der Waals surface area contributed by atoms with Gasteiger partial charge in [0.15, 0.2) is 0 Å². The molecule has 0 heterocycles. The zero-order valence-corrected chi connectivity index (χ0v) is 12.5. The first-order chi connectivity index (χ1) is 10.2. The van der Waals surface area contributed by atoms with Crippen LogP contribution in [0.5, 0.6) is 0 Å². The van der Waals surface area contributed by atoms with Crippen molar-refractivity contribution < 1.29 is 9.90 Å². The number of amides is 1. The van der Waals surface area contributed by atoms with Crippen molar-refractivity contribution in [3.8, 4) is 0 Å². The van der Waals surface area contributed by atoms with E-state index < -0.39 is 6.04 Å². The third kappa shape index (κ3) is 4.83. The van der Waals surface area contributed by atoms with Crippen molar-refractivity contribution in [3.63, 3.8) is 0 Å². The van der Waals surface area contributed by atoms with Crippen LogP contribution >= 0.6 is 0 Å². The smallest absolute Gasteiger partial charge is 0.237 e. The Labute approximate surface area is 126 Å². The monoisotopic (exact) mass is 290 g/mol. The van der Waals surface area contributed by atoms with Crippen LogP contribution in [0, 0.1) is 11.8 Å². The average molecular weight is 290 g/mol. The molecule has 1 aliphatic rings.